The fourth-order valence-electron chi connectivity index (χ4n) is 4.27. The molecule has 0 aromatic heterocycles. The van der Waals surface area contributed by atoms with Crippen molar-refractivity contribution in [2.45, 2.75) is 19.4 Å². The number of hydrogen-bond acceptors (Lipinski definition) is 5. The van der Waals surface area contributed by atoms with Gasteiger partial charge in [-0.3, -0.25) is 9.69 Å². The Balaban J connectivity index is 1.44. The van der Waals surface area contributed by atoms with Crippen molar-refractivity contribution in [3.63, 3.8) is 0 Å². The molecule has 188 valence electrons. The third kappa shape index (κ3) is 6.07. The minimum absolute atomic E-state index is 0.0807. The normalized spacial score (nSPS) is 13.4. The van der Waals surface area contributed by atoms with Crippen molar-refractivity contribution in [2.24, 2.45) is 0 Å². The molecule has 3 aromatic rings. The molecule has 4 rings (SSSR count). The van der Waals surface area contributed by atoms with E-state index in [9.17, 15) is 9.59 Å². The summed E-state index contributed by atoms with van der Waals surface area (Å²) >= 11 is 0. The standard InChI is InChI=1S/C28H31N3O5/c1-34-24-10-4-7-20(13-24)16-27(32)29-22-8-5-9-23(17-22)31-12-6-11-30(28(31)33)19-21-14-25(35-2)18-26(15-21)36-3/h4-5,7-10,13-15,17-18H,6,11-12,16,19H2,1-3H3,(H,29,32). The molecule has 0 atom stereocenters. The fourth-order valence-corrected chi connectivity index (χ4v) is 4.27. The first-order valence-corrected chi connectivity index (χ1v) is 11.8. The lowest BCUT2D eigenvalue weighted by molar-refractivity contribution is -0.115. The Kier molecular flexibility index (Phi) is 7.95. The molecule has 0 unspecified atom stereocenters. The number of nitrogens with zero attached hydrogens (tertiary/aromatic N) is 2. The molecule has 0 spiro atoms. The third-order valence-corrected chi connectivity index (χ3v) is 6.04. The van der Waals surface area contributed by atoms with E-state index in [0.717, 1.165) is 23.2 Å². The lowest BCUT2D eigenvalue weighted by Crippen LogP contribution is -2.49. The van der Waals surface area contributed by atoms with Crippen molar-refractivity contribution >= 4 is 23.3 Å². The fraction of sp³-hybridized carbons (Fsp3) is 0.286. The van der Waals surface area contributed by atoms with Crippen molar-refractivity contribution in [1.82, 2.24) is 4.90 Å². The minimum Gasteiger partial charge on any atom is -0.497 e. The summed E-state index contributed by atoms with van der Waals surface area (Å²) in [6.07, 6.45) is 1.06. The maximum atomic E-state index is 13.4. The van der Waals surface area contributed by atoms with E-state index in [1.54, 1.807) is 26.2 Å². The molecule has 1 saturated heterocycles. The number of nitrogens with one attached hydrogen (secondary N) is 1. The highest BCUT2D eigenvalue weighted by Gasteiger charge is 2.27. The quantitative estimate of drug-likeness (QED) is 0.470. The summed E-state index contributed by atoms with van der Waals surface area (Å²) < 4.78 is 16.0. The number of anilines is 2. The molecule has 8 nitrogen and oxygen atoms in total. The zero-order valence-corrected chi connectivity index (χ0v) is 20.8. The minimum atomic E-state index is -0.140. The number of carbonyl (C=O) groups excluding carboxylic acids is 2. The molecule has 0 aliphatic carbocycles. The van der Waals surface area contributed by atoms with Crippen LogP contribution in [0.25, 0.3) is 0 Å². The van der Waals surface area contributed by atoms with Gasteiger partial charge < -0.3 is 24.4 Å². The van der Waals surface area contributed by atoms with Crippen LogP contribution in [0, 0.1) is 0 Å². The Hall–Kier alpha value is -4.20. The summed E-state index contributed by atoms with van der Waals surface area (Å²) in [5, 5.41) is 2.94. The first kappa shape index (κ1) is 24.9. The van der Waals surface area contributed by atoms with Gasteiger partial charge in [0.1, 0.15) is 17.2 Å². The van der Waals surface area contributed by atoms with E-state index in [2.05, 4.69) is 5.32 Å². The van der Waals surface area contributed by atoms with Crippen molar-refractivity contribution in [2.75, 3.05) is 44.6 Å². The average molecular weight is 490 g/mol. The maximum absolute atomic E-state index is 13.4. The SMILES string of the molecule is COc1cccc(CC(=O)Nc2cccc(N3CCCN(Cc4cc(OC)cc(OC)c4)C3=O)c2)c1. The maximum Gasteiger partial charge on any atom is 0.324 e. The number of methoxy groups -OCH3 is 3. The number of rotatable bonds is 9. The number of carbonyl (C=O) groups is 2. The molecule has 8 heteroatoms. The smallest absolute Gasteiger partial charge is 0.324 e. The van der Waals surface area contributed by atoms with E-state index in [-0.39, 0.29) is 18.4 Å². The second-order valence-electron chi connectivity index (χ2n) is 8.56. The molecule has 3 aromatic carbocycles. The molecule has 1 N–H and O–H groups in total. The monoisotopic (exact) mass is 489 g/mol. The van der Waals surface area contributed by atoms with Gasteiger partial charge in [0.05, 0.1) is 27.8 Å². The first-order valence-electron chi connectivity index (χ1n) is 11.8. The first-order chi connectivity index (χ1) is 17.5. The summed E-state index contributed by atoms with van der Waals surface area (Å²) in [7, 11) is 4.81. The van der Waals surface area contributed by atoms with Crippen LogP contribution in [0.2, 0.25) is 0 Å². The van der Waals surface area contributed by atoms with Gasteiger partial charge in [0.25, 0.3) is 0 Å². The van der Waals surface area contributed by atoms with Crippen LogP contribution in [-0.4, -0.2) is 51.3 Å². The second kappa shape index (κ2) is 11.5. The van der Waals surface area contributed by atoms with Gasteiger partial charge in [-0.1, -0.05) is 18.2 Å². The molecule has 1 fully saturated rings. The molecule has 1 heterocycles. The molecule has 0 bridgehead atoms. The van der Waals surface area contributed by atoms with Gasteiger partial charge in [0, 0.05) is 37.1 Å². The summed E-state index contributed by atoms with van der Waals surface area (Å²) in [6.45, 7) is 1.71. The summed E-state index contributed by atoms with van der Waals surface area (Å²) in [6, 6.07) is 20.4. The Bertz CT molecular complexity index is 1210. The Morgan fingerprint density at radius 1 is 0.833 bits per heavy atom. The Morgan fingerprint density at radius 2 is 1.53 bits per heavy atom. The molecule has 3 amide bonds. The molecule has 1 aliphatic rings. The lowest BCUT2D eigenvalue weighted by Gasteiger charge is -2.36. The number of ether oxygens (including phenoxy) is 3. The predicted octanol–water partition coefficient (Wildman–Crippen LogP) is 4.73. The number of hydrogen-bond donors (Lipinski definition) is 1. The van der Waals surface area contributed by atoms with Crippen molar-refractivity contribution < 1.29 is 23.8 Å². The molecule has 1 aliphatic heterocycles. The highest BCUT2D eigenvalue weighted by molar-refractivity contribution is 5.96. The van der Waals surface area contributed by atoms with Crippen LogP contribution in [0.3, 0.4) is 0 Å². The van der Waals surface area contributed by atoms with E-state index in [0.29, 0.717) is 42.6 Å². The van der Waals surface area contributed by atoms with Crippen LogP contribution in [0.15, 0.2) is 66.7 Å². The van der Waals surface area contributed by atoms with Gasteiger partial charge >= 0.3 is 6.03 Å². The van der Waals surface area contributed by atoms with Gasteiger partial charge in [-0.05, 0) is 60.0 Å². The van der Waals surface area contributed by atoms with Crippen molar-refractivity contribution in [3.05, 3.63) is 77.9 Å². The van der Waals surface area contributed by atoms with Crippen LogP contribution < -0.4 is 24.4 Å². The number of benzene rings is 3. The molecular weight excluding hydrogens is 458 g/mol. The van der Waals surface area contributed by atoms with E-state index in [1.807, 2.05) is 71.6 Å². The van der Waals surface area contributed by atoms with Crippen LogP contribution in [-0.2, 0) is 17.8 Å². The molecule has 0 radical (unpaired) electrons. The van der Waals surface area contributed by atoms with Gasteiger partial charge in [0.2, 0.25) is 5.91 Å². The Labute approximate surface area is 211 Å². The van der Waals surface area contributed by atoms with Gasteiger partial charge in [0.15, 0.2) is 0 Å². The molecule has 36 heavy (non-hydrogen) atoms. The van der Waals surface area contributed by atoms with E-state index in [1.165, 1.54) is 0 Å². The molecular formula is C28H31N3O5. The third-order valence-electron chi connectivity index (χ3n) is 6.04. The van der Waals surface area contributed by atoms with Crippen molar-refractivity contribution in [1.29, 1.82) is 0 Å². The zero-order chi connectivity index (χ0) is 25.5. The van der Waals surface area contributed by atoms with Gasteiger partial charge in [-0.2, -0.15) is 0 Å². The number of urea groups is 1. The summed E-state index contributed by atoms with van der Waals surface area (Å²) in [5.41, 5.74) is 3.17. The van der Waals surface area contributed by atoms with Crippen LogP contribution in [0.1, 0.15) is 17.5 Å². The van der Waals surface area contributed by atoms with Crippen LogP contribution >= 0.6 is 0 Å². The summed E-state index contributed by atoms with van der Waals surface area (Å²) in [5.74, 6) is 1.94. The second-order valence-corrected chi connectivity index (χ2v) is 8.56. The van der Waals surface area contributed by atoms with E-state index < -0.39 is 0 Å². The molecule has 0 saturated carbocycles. The lowest BCUT2D eigenvalue weighted by atomic mass is 10.1. The average Bonchev–Trinajstić information content (AvgIpc) is 2.89. The number of amides is 3. The van der Waals surface area contributed by atoms with Crippen molar-refractivity contribution in [3.8, 4) is 17.2 Å². The van der Waals surface area contributed by atoms with Crippen LogP contribution in [0.5, 0.6) is 17.2 Å². The van der Waals surface area contributed by atoms with Crippen LogP contribution in [0.4, 0.5) is 16.2 Å². The van der Waals surface area contributed by atoms with E-state index in [4.69, 9.17) is 14.2 Å². The topological polar surface area (TPSA) is 80.3 Å². The van der Waals surface area contributed by atoms with E-state index >= 15 is 0 Å². The largest absolute Gasteiger partial charge is 0.497 e. The predicted molar refractivity (Wildman–Crippen MR) is 139 cm³/mol. The highest BCUT2D eigenvalue weighted by atomic mass is 16.5. The summed E-state index contributed by atoms with van der Waals surface area (Å²) in [4.78, 5) is 29.6. The van der Waals surface area contributed by atoms with Gasteiger partial charge in [-0.25, -0.2) is 4.79 Å². The zero-order valence-electron chi connectivity index (χ0n) is 20.8. The van der Waals surface area contributed by atoms with Gasteiger partial charge in [-0.15, -0.1) is 0 Å². The Morgan fingerprint density at radius 3 is 2.25 bits per heavy atom. The highest BCUT2D eigenvalue weighted by Crippen LogP contribution is 2.27.